The van der Waals surface area contributed by atoms with Gasteiger partial charge in [-0.15, -0.1) is 0 Å². The van der Waals surface area contributed by atoms with Gasteiger partial charge in [0, 0.05) is 5.56 Å². The number of nitrogens with zero attached hydrogens (tertiary/aromatic N) is 3. The van der Waals surface area contributed by atoms with Crippen LogP contribution in [0.5, 0.6) is 5.75 Å². The first kappa shape index (κ1) is 16.2. The number of nitrogens with one attached hydrogen (secondary N) is 1. The van der Waals surface area contributed by atoms with Crippen molar-refractivity contribution in [3.05, 3.63) is 59.7 Å². The van der Waals surface area contributed by atoms with Crippen LogP contribution in [0, 0.1) is 11.3 Å². The highest BCUT2D eigenvalue weighted by Gasteiger charge is 2.26. The number of amides is 2. The molecule has 0 radical (unpaired) electrons. The quantitative estimate of drug-likeness (QED) is 0.929. The van der Waals surface area contributed by atoms with Gasteiger partial charge in [0.2, 0.25) is 0 Å². The molecule has 0 saturated carbocycles. The Morgan fingerprint density at radius 1 is 1.20 bits per heavy atom. The lowest BCUT2D eigenvalue weighted by molar-refractivity contribution is -0.116. The van der Waals surface area contributed by atoms with Gasteiger partial charge in [0.15, 0.2) is 0 Å². The predicted molar refractivity (Wildman–Crippen MR) is 91.2 cm³/mol. The van der Waals surface area contributed by atoms with Crippen LogP contribution in [0.3, 0.4) is 0 Å². The number of ether oxygens (including phenoxy) is 1. The molecule has 2 aromatic rings. The summed E-state index contributed by atoms with van der Waals surface area (Å²) in [4.78, 5) is 24.4. The molecule has 3 rings (SSSR count). The SMILES string of the molecule is COc1ccc(C(=O)NC2=NN(c3ccc(C#N)cc3)C(=O)C2)cc1. The Balaban J connectivity index is 1.73. The van der Waals surface area contributed by atoms with Gasteiger partial charge >= 0.3 is 0 Å². The van der Waals surface area contributed by atoms with Crippen molar-refractivity contribution in [2.24, 2.45) is 5.10 Å². The molecule has 0 fully saturated rings. The monoisotopic (exact) mass is 334 g/mol. The number of carbonyl (C=O) groups is 2. The van der Waals surface area contributed by atoms with Crippen molar-refractivity contribution >= 4 is 23.3 Å². The van der Waals surface area contributed by atoms with Crippen molar-refractivity contribution in [2.75, 3.05) is 12.1 Å². The van der Waals surface area contributed by atoms with E-state index >= 15 is 0 Å². The summed E-state index contributed by atoms with van der Waals surface area (Å²) in [7, 11) is 1.55. The summed E-state index contributed by atoms with van der Waals surface area (Å²) in [6.45, 7) is 0. The van der Waals surface area contributed by atoms with Crippen LogP contribution in [-0.4, -0.2) is 24.8 Å². The van der Waals surface area contributed by atoms with Crippen LogP contribution in [0.15, 0.2) is 53.6 Å². The fourth-order valence-corrected chi connectivity index (χ4v) is 2.32. The number of nitriles is 1. The highest BCUT2D eigenvalue weighted by molar-refractivity contribution is 6.17. The van der Waals surface area contributed by atoms with Gasteiger partial charge in [0.1, 0.15) is 11.6 Å². The van der Waals surface area contributed by atoms with E-state index in [1.54, 1.807) is 55.6 Å². The summed E-state index contributed by atoms with van der Waals surface area (Å²) in [5.74, 6) is 0.317. The minimum absolute atomic E-state index is 0.00188. The van der Waals surface area contributed by atoms with E-state index < -0.39 is 0 Å². The molecule has 1 aliphatic heterocycles. The smallest absolute Gasteiger partial charge is 0.256 e. The molecular weight excluding hydrogens is 320 g/mol. The van der Waals surface area contributed by atoms with Gasteiger partial charge in [-0.05, 0) is 48.5 Å². The fraction of sp³-hybridized carbons (Fsp3) is 0.111. The summed E-state index contributed by atoms with van der Waals surface area (Å²) < 4.78 is 5.05. The van der Waals surface area contributed by atoms with Crippen LogP contribution in [0.2, 0.25) is 0 Å². The lowest BCUT2D eigenvalue weighted by Crippen LogP contribution is -2.29. The number of methoxy groups -OCH3 is 1. The molecule has 2 aromatic carbocycles. The molecule has 0 spiro atoms. The standard InChI is InChI=1S/C18H14N4O3/c1-25-15-8-4-13(5-9-15)18(24)20-16-10-17(23)22(21-16)14-6-2-12(11-19)3-7-14/h2-9H,10H2,1H3,(H,20,21,24). The molecule has 0 aliphatic carbocycles. The van der Waals surface area contributed by atoms with Crippen LogP contribution >= 0.6 is 0 Å². The van der Waals surface area contributed by atoms with E-state index in [9.17, 15) is 9.59 Å². The van der Waals surface area contributed by atoms with E-state index in [1.165, 1.54) is 5.01 Å². The van der Waals surface area contributed by atoms with Crippen molar-refractivity contribution in [3.63, 3.8) is 0 Å². The van der Waals surface area contributed by atoms with Crippen molar-refractivity contribution < 1.29 is 14.3 Å². The van der Waals surface area contributed by atoms with E-state index in [0.717, 1.165) is 0 Å². The summed E-state index contributed by atoms with van der Waals surface area (Å²) in [5, 5.41) is 16.8. The third-order valence-corrected chi connectivity index (χ3v) is 3.63. The highest BCUT2D eigenvalue weighted by atomic mass is 16.5. The van der Waals surface area contributed by atoms with Gasteiger partial charge in [-0.25, -0.2) is 0 Å². The molecule has 7 heteroatoms. The van der Waals surface area contributed by atoms with Crippen LogP contribution in [0.25, 0.3) is 0 Å². The first-order chi connectivity index (χ1) is 12.1. The lowest BCUT2D eigenvalue weighted by atomic mass is 10.2. The number of carbonyl (C=O) groups excluding carboxylic acids is 2. The van der Waals surface area contributed by atoms with Crippen LogP contribution in [0.4, 0.5) is 5.69 Å². The van der Waals surface area contributed by atoms with Crippen molar-refractivity contribution in [1.29, 1.82) is 5.26 Å². The van der Waals surface area contributed by atoms with Gasteiger partial charge in [0.05, 0.1) is 30.9 Å². The van der Waals surface area contributed by atoms with Crippen LogP contribution in [0.1, 0.15) is 22.3 Å². The van der Waals surface area contributed by atoms with Crippen molar-refractivity contribution in [2.45, 2.75) is 6.42 Å². The third kappa shape index (κ3) is 3.48. The molecule has 0 aromatic heterocycles. The largest absolute Gasteiger partial charge is 0.497 e. The number of hydrazone groups is 1. The maximum Gasteiger partial charge on any atom is 0.256 e. The Morgan fingerprint density at radius 2 is 1.88 bits per heavy atom. The first-order valence-corrected chi connectivity index (χ1v) is 7.46. The molecular formula is C18H14N4O3. The molecule has 1 aliphatic rings. The van der Waals surface area contributed by atoms with Crippen molar-refractivity contribution in [3.8, 4) is 11.8 Å². The Kier molecular flexibility index (Phi) is 4.44. The minimum atomic E-state index is -0.351. The fourth-order valence-electron chi connectivity index (χ4n) is 2.32. The summed E-state index contributed by atoms with van der Waals surface area (Å²) in [6, 6.07) is 15.1. The molecule has 0 atom stereocenters. The van der Waals surface area contributed by atoms with Gasteiger partial charge in [-0.2, -0.15) is 15.4 Å². The molecule has 25 heavy (non-hydrogen) atoms. The van der Waals surface area contributed by atoms with Gasteiger partial charge in [0.25, 0.3) is 11.8 Å². The molecule has 0 unspecified atom stereocenters. The summed E-state index contributed by atoms with van der Waals surface area (Å²) in [6.07, 6.45) is 0.00188. The first-order valence-electron chi connectivity index (χ1n) is 7.46. The van der Waals surface area contributed by atoms with Crippen LogP contribution < -0.4 is 15.1 Å². The number of anilines is 1. The second-order valence-electron chi connectivity index (χ2n) is 5.27. The van der Waals surface area contributed by atoms with Crippen molar-refractivity contribution in [1.82, 2.24) is 5.32 Å². The maximum atomic E-state index is 12.2. The lowest BCUT2D eigenvalue weighted by Gasteiger charge is -2.10. The van der Waals surface area contributed by atoms with Gasteiger partial charge in [-0.1, -0.05) is 0 Å². The molecule has 0 bridgehead atoms. The zero-order chi connectivity index (χ0) is 17.8. The number of amidine groups is 1. The number of hydrogen-bond acceptors (Lipinski definition) is 5. The Bertz CT molecular complexity index is 880. The van der Waals surface area contributed by atoms with Gasteiger partial charge in [-0.3, -0.25) is 9.59 Å². The van der Waals surface area contributed by atoms with E-state index in [1.807, 2.05) is 6.07 Å². The number of hydrogen-bond donors (Lipinski definition) is 1. The molecule has 0 saturated heterocycles. The Morgan fingerprint density at radius 3 is 2.48 bits per heavy atom. The Labute approximate surface area is 144 Å². The van der Waals surface area contributed by atoms with Crippen LogP contribution in [-0.2, 0) is 4.79 Å². The molecule has 124 valence electrons. The molecule has 2 amide bonds. The van der Waals surface area contributed by atoms with E-state index in [4.69, 9.17) is 10.00 Å². The second-order valence-corrected chi connectivity index (χ2v) is 5.27. The average molecular weight is 334 g/mol. The highest BCUT2D eigenvalue weighted by Crippen LogP contribution is 2.20. The number of rotatable bonds is 3. The van der Waals surface area contributed by atoms with Gasteiger partial charge < -0.3 is 10.1 Å². The molecule has 1 N–H and O–H groups in total. The Hall–Kier alpha value is -3.66. The predicted octanol–water partition coefficient (Wildman–Crippen LogP) is 2.05. The normalized spacial score (nSPS) is 13.2. The topological polar surface area (TPSA) is 94.8 Å². The zero-order valence-electron chi connectivity index (χ0n) is 13.4. The summed E-state index contributed by atoms with van der Waals surface area (Å²) in [5.41, 5.74) is 1.47. The third-order valence-electron chi connectivity index (χ3n) is 3.63. The average Bonchev–Trinajstić information content (AvgIpc) is 3.02. The van der Waals surface area contributed by atoms with E-state index in [-0.39, 0.29) is 24.1 Å². The van der Waals surface area contributed by atoms with E-state index in [2.05, 4.69) is 10.4 Å². The molecule has 7 nitrogen and oxygen atoms in total. The second kappa shape index (κ2) is 6.84. The minimum Gasteiger partial charge on any atom is -0.497 e. The summed E-state index contributed by atoms with van der Waals surface area (Å²) >= 11 is 0. The zero-order valence-corrected chi connectivity index (χ0v) is 13.4. The molecule has 1 heterocycles. The number of benzene rings is 2. The maximum absolute atomic E-state index is 12.2. The van der Waals surface area contributed by atoms with E-state index in [0.29, 0.717) is 22.6 Å².